The third-order valence-corrected chi connectivity index (χ3v) is 5.82. The first kappa shape index (κ1) is 19.5. The molecule has 2 heterocycles. The number of fused-ring (bicyclic) bond motifs is 1. The highest BCUT2D eigenvalue weighted by Gasteiger charge is 2.20. The number of carbonyl (C=O) groups is 2. The number of hydrogen-bond acceptors (Lipinski definition) is 4. The van der Waals surface area contributed by atoms with Crippen LogP contribution in [0.1, 0.15) is 35.7 Å². The van der Waals surface area contributed by atoms with E-state index in [0.29, 0.717) is 17.8 Å². The Balaban J connectivity index is 1.38. The normalized spacial score (nSPS) is 17.6. The van der Waals surface area contributed by atoms with E-state index in [-0.39, 0.29) is 11.8 Å². The maximum absolute atomic E-state index is 12.6. The molecule has 0 aliphatic carbocycles. The van der Waals surface area contributed by atoms with Crippen LogP contribution < -0.4 is 15.5 Å². The summed E-state index contributed by atoms with van der Waals surface area (Å²) in [6.45, 7) is 5.91. The maximum atomic E-state index is 12.6. The monoisotopic (exact) mass is 392 g/mol. The van der Waals surface area contributed by atoms with Crippen LogP contribution in [0.3, 0.4) is 0 Å². The molecule has 4 rings (SSSR count). The van der Waals surface area contributed by atoms with Crippen molar-refractivity contribution in [1.29, 1.82) is 0 Å². The van der Waals surface area contributed by atoms with Crippen molar-refractivity contribution in [3.63, 3.8) is 0 Å². The van der Waals surface area contributed by atoms with Gasteiger partial charge in [-0.1, -0.05) is 19.1 Å². The van der Waals surface area contributed by atoms with Crippen LogP contribution in [-0.2, 0) is 11.3 Å². The Morgan fingerprint density at radius 3 is 2.59 bits per heavy atom. The summed E-state index contributed by atoms with van der Waals surface area (Å²) in [5.41, 5.74) is 4.13. The van der Waals surface area contributed by atoms with Gasteiger partial charge in [0.15, 0.2) is 0 Å². The van der Waals surface area contributed by atoms with Crippen molar-refractivity contribution in [3.05, 3.63) is 53.6 Å². The standard InChI is InChI=1S/C23H28N4O2/c1-16-9-11-27(12-10-16)14-17-3-6-19(7-4-17)24-23(29)18-5-8-21-20(13-18)25-22(28)15-26(21)2/h3-8,13,16H,9-12,14-15H2,1-2H3,(H,24,29)(H,25,28). The highest BCUT2D eigenvalue weighted by Crippen LogP contribution is 2.29. The minimum absolute atomic E-state index is 0.0729. The first-order chi connectivity index (χ1) is 14.0. The summed E-state index contributed by atoms with van der Waals surface area (Å²) < 4.78 is 0. The lowest BCUT2D eigenvalue weighted by Crippen LogP contribution is -2.35. The van der Waals surface area contributed by atoms with E-state index in [2.05, 4.69) is 34.6 Å². The maximum Gasteiger partial charge on any atom is 0.255 e. The molecule has 0 bridgehead atoms. The molecule has 0 unspecified atom stereocenters. The molecule has 152 valence electrons. The van der Waals surface area contributed by atoms with Crippen molar-refractivity contribution in [2.24, 2.45) is 5.92 Å². The van der Waals surface area contributed by atoms with Gasteiger partial charge in [-0.05, 0) is 67.7 Å². The zero-order valence-electron chi connectivity index (χ0n) is 17.1. The second kappa shape index (κ2) is 8.25. The van der Waals surface area contributed by atoms with Crippen LogP contribution >= 0.6 is 0 Å². The molecule has 0 aromatic heterocycles. The van der Waals surface area contributed by atoms with E-state index in [1.807, 2.05) is 30.1 Å². The van der Waals surface area contributed by atoms with E-state index in [1.54, 1.807) is 12.1 Å². The van der Waals surface area contributed by atoms with Gasteiger partial charge in [-0.25, -0.2) is 0 Å². The lowest BCUT2D eigenvalue weighted by atomic mass is 9.99. The number of anilines is 3. The molecule has 6 nitrogen and oxygen atoms in total. The fourth-order valence-electron chi connectivity index (χ4n) is 3.98. The predicted molar refractivity (Wildman–Crippen MR) is 116 cm³/mol. The molecule has 0 atom stereocenters. The van der Waals surface area contributed by atoms with Crippen LogP contribution in [0, 0.1) is 5.92 Å². The minimum atomic E-state index is -0.187. The third kappa shape index (κ3) is 4.59. The van der Waals surface area contributed by atoms with E-state index >= 15 is 0 Å². The number of amides is 2. The van der Waals surface area contributed by atoms with Crippen LogP contribution in [0.25, 0.3) is 0 Å². The molecule has 6 heteroatoms. The van der Waals surface area contributed by atoms with E-state index in [9.17, 15) is 9.59 Å². The Morgan fingerprint density at radius 2 is 1.86 bits per heavy atom. The fraction of sp³-hybridized carbons (Fsp3) is 0.391. The average Bonchev–Trinajstić information content (AvgIpc) is 2.70. The number of hydrogen-bond donors (Lipinski definition) is 2. The molecule has 29 heavy (non-hydrogen) atoms. The smallest absolute Gasteiger partial charge is 0.255 e. The van der Waals surface area contributed by atoms with Crippen LogP contribution in [0.15, 0.2) is 42.5 Å². The quantitative estimate of drug-likeness (QED) is 0.835. The Labute approximate surface area is 171 Å². The topological polar surface area (TPSA) is 64.7 Å². The Bertz CT molecular complexity index is 902. The van der Waals surface area contributed by atoms with Gasteiger partial charge in [-0.15, -0.1) is 0 Å². The van der Waals surface area contributed by atoms with Crippen molar-refractivity contribution in [1.82, 2.24) is 4.90 Å². The van der Waals surface area contributed by atoms with E-state index < -0.39 is 0 Å². The van der Waals surface area contributed by atoms with E-state index in [4.69, 9.17) is 0 Å². The lowest BCUT2D eigenvalue weighted by molar-refractivity contribution is -0.115. The fourth-order valence-corrected chi connectivity index (χ4v) is 3.98. The van der Waals surface area contributed by atoms with Gasteiger partial charge < -0.3 is 15.5 Å². The summed E-state index contributed by atoms with van der Waals surface area (Å²) in [6.07, 6.45) is 2.54. The zero-order valence-corrected chi connectivity index (χ0v) is 17.1. The highest BCUT2D eigenvalue weighted by atomic mass is 16.2. The summed E-state index contributed by atoms with van der Waals surface area (Å²) in [4.78, 5) is 28.8. The number of carbonyl (C=O) groups excluding carboxylic acids is 2. The number of piperidine rings is 1. The third-order valence-electron chi connectivity index (χ3n) is 5.82. The van der Waals surface area contributed by atoms with Gasteiger partial charge in [0.05, 0.1) is 17.9 Å². The number of benzene rings is 2. The molecule has 2 aromatic carbocycles. The summed E-state index contributed by atoms with van der Waals surface area (Å²) in [7, 11) is 1.86. The average molecular weight is 393 g/mol. The van der Waals surface area contributed by atoms with Crippen molar-refractivity contribution in [2.45, 2.75) is 26.3 Å². The summed E-state index contributed by atoms with van der Waals surface area (Å²) >= 11 is 0. The Morgan fingerprint density at radius 1 is 1.14 bits per heavy atom. The molecule has 0 saturated carbocycles. The van der Waals surface area contributed by atoms with Crippen LogP contribution in [0.5, 0.6) is 0 Å². The van der Waals surface area contributed by atoms with E-state index in [0.717, 1.165) is 36.9 Å². The van der Waals surface area contributed by atoms with Gasteiger partial charge in [0.1, 0.15) is 0 Å². The highest BCUT2D eigenvalue weighted by molar-refractivity contribution is 6.07. The largest absolute Gasteiger partial charge is 0.364 e. The Kier molecular flexibility index (Phi) is 5.53. The Hall–Kier alpha value is -2.86. The van der Waals surface area contributed by atoms with Gasteiger partial charge in [-0.3, -0.25) is 14.5 Å². The number of nitrogens with one attached hydrogen (secondary N) is 2. The minimum Gasteiger partial charge on any atom is -0.364 e. The van der Waals surface area contributed by atoms with Crippen LogP contribution in [0.4, 0.5) is 17.1 Å². The summed E-state index contributed by atoms with van der Waals surface area (Å²) in [5, 5.41) is 5.78. The number of nitrogens with zero attached hydrogens (tertiary/aromatic N) is 2. The van der Waals surface area contributed by atoms with Gasteiger partial charge >= 0.3 is 0 Å². The molecular weight excluding hydrogens is 364 g/mol. The first-order valence-electron chi connectivity index (χ1n) is 10.3. The molecule has 2 aromatic rings. The van der Waals surface area contributed by atoms with Crippen molar-refractivity contribution >= 4 is 28.9 Å². The second-order valence-corrected chi connectivity index (χ2v) is 8.25. The summed E-state index contributed by atoms with van der Waals surface area (Å²) in [6, 6.07) is 13.4. The summed E-state index contributed by atoms with van der Waals surface area (Å²) in [5.74, 6) is 0.575. The molecule has 0 radical (unpaired) electrons. The lowest BCUT2D eigenvalue weighted by Gasteiger charge is -2.30. The molecule has 2 aliphatic rings. The van der Waals surface area contributed by atoms with Gasteiger partial charge in [0.25, 0.3) is 5.91 Å². The van der Waals surface area contributed by atoms with E-state index in [1.165, 1.54) is 18.4 Å². The first-order valence-corrected chi connectivity index (χ1v) is 10.3. The molecule has 1 fully saturated rings. The predicted octanol–water partition coefficient (Wildman–Crippen LogP) is 3.56. The molecule has 1 saturated heterocycles. The molecular formula is C23H28N4O2. The van der Waals surface area contributed by atoms with Gasteiger partial charge in [0, 0.05) is 24.8 Å². The molecule has 0 spiro atoms. The number of likely N-dealkylation sites (N-methyl/N-ethyl adjacent to an activating group) is 1. The van der Waals surface area contributed by atoms with Crippen molar-refractivity contribution in [2.75, 3.05) is 42.2 Å². The van der Waals surface area contributed by atoms with Gasteiger partial charge in [-0.2, -0.15) is 0 Å². The van der Waals surface area contributed by atoms with Crippen LogP contribution in [0.2, 0.25) is 0 Å². The zero-order chi connectivity index (χ0) is 20.4. The molecule has 2 N–H and O–H groups in total. The molecule has 2 aliphatic heterocycles. The van der Waals surface area contributed by atoms with Crippen LogP contribution in [-0.4, -0.2) is 43.4 Å². The van der Waals surface area contributed by atoms with Crippen molar-refractivity contribution in [3.8, 4) is 0 Å². The number of rotatable bonds is 4. The molecule has 2 amide bonds. The SMILES string of the molecule is CC1CCN(Cc2ccc(NC(=O)c3ccc4c(c3)NC(=O)CN4C)cc2)CC1. The number of likely N-dealkylation sites (tertiary alicyclic amines) is 1. The second-order valence-electron chi connectivity index (χ2n) is 8.25. The van der Waals surface area contributed by atoms with Crippen molar-refractivity contribution < 1.29 is 9.59 Å². The van der Waals surface area contributed by atoms with Gasteiger partial charge in [0.2, 0.25) is 5.91 Å².